The molecule has 5 nitrogen and oxygen atoms in total. The summed E-state index contributed by atoms with van der Waals surface area (Å²) in [5.74, 6) is -1.70. The third kappa shape index (κ3) is 8.27. The number of halogens is 5. The average Bonchev–Trinajstić information content (AvgIpc) is 2.83. The predicted molar refractivity (Wildman–Crippen MR) is 133 cm³/mol. The lowest BCUT2D eigenvalue weighted by Gasteiger charge is -2.28. The monoisotopic (exact) mass is 577 g/mol. The van der Waals surface area contributed by atoms with Gasteiger partial charge in [-0.2, -0.15) is 30.4 Å². The summed E-state index contributed by atoms with van der Waals surface area (Å²) < 4.78 is 95.3. The molecular weight excluding hydrogens is 551 g/mol. The lowest BCUT2D eigenvalue weighted by Crippen LogP contribution is -2.53. The quantitative estimate of drug-likeness (QED) is 0.151. The number of hydrogen-bond donors (Lipinski definition) is 1. The largest absolute Gasteiger partial charge is 0.444 e. The minimum atomic E-state index is -6.41. The zero-order chi connectivity index (χ0) is 28.8. The maximum atomic E-state index is 13.0. The van der Waals surface area contributed by atoms with E-state index in [1.165, 1.54) is 14.7 Å². The summed E-state index contributed by atoms with van der Waals surface area (Å²) in [5.41, 5.74) is -1.57. The van der Waals surface area contributed by atoms with Gasteiger partial charge in [0.2, 0.25) is 0 Å². The fourth-order valence-corrected chi connectivity index (χ4v) is 5.38. The molecule has 1 unspecified atom stereocenters. The molecule has 0 saturated carbocycles. The summed E-state index contributed by atoms with van der Waals surface area (Å²) in [7, 11) is -6.42. The first kappa shape index (κ1) is 31.3. The van der Waals surface area contributed by atoms with Gasteiger partial charge in [0, 0.05) is 0 Å². The molecule has 0 amide bonds. The van der Waals surface area contributed by atoms with Crippen LogP contribution in [0.4, 0.5) is 22.0 Å². The number of benzene rings is 3. The maximum absolute atomic E-state index is 13.0. The van der Waals surface area contributed by atoms with Gasteiger partial charge in [-0.05, 0) is 57.2 Å². The molecule has 3 rings (SSSR count). The molecular formula is C26H26F5O5S2+. The molecule has 0 aromatic heterocycles. The molecule has 0 saturated heterocycles. The fourth-order valence-electron chi connectivity index (χ4n) is 2.82. The van der Waals surface area contributed by atoms with E-state index >= 15 is 0 Å². The van der Waals surface area contributed by atoms with E-state index in [1.54, 1.807) is 0 Å². The molecule has 1 N–H and O–H groups in total. The minimum absolute atomic E-state index is 0.0146. The smallest absolute Gasteiger partial charge is 0.432 e. The zero-order valence-electron chi connectivity index (χ0n) is 20.5. The lowest BCUT2D eigenvalue weighted by molar-refractivity contribution is -0.262. The van der Waals surface area contributed by atoms with E-state index in [1.807, 2.05) is 0 Å². The fraction of sp³-hybridized carbons (Fsp3) is 0.269. The van der Waals surface area contributed by atoms with E-state index in [-0.39, 0.29) is 10.9 Å². The lowest BCUT2D eigenvalue weighted by atomic mass is 9.97. The van der Waals surface area contributed by atoms with Crippen molar-refractivity contribution in [2.75, 3.05) is 0 Å². The average molecular weight is 578 g/mol. The number of carbonyl (C=O) groups excluding carboxylic acids is 1. The van der Waals surface area contributed by atoms with E-state index in [2.05, 4.69) is 95.7 Å². The number of esters is 1. The second kappa shape index (κ2) is 12.3. The van der Waals surface area contributed by atoms with Crippen LogP contribution in [0.25, 0.3) is 0 Å². The van der Waals surface area contributed by atoms with Gasteiger partial charge in [-0.25, -0.2) is 0 Å². The highest BCUT2D eigenvalue weighted by Gasteiger charge is 2.66. The molecule has 12 heteroatoms. The Morgan fingerprint density at radius 2 is 1.05 bits per heavy atom. The minimum Gasteiger partial charge on any atom is -0.444 e. The van der Waals surface area contributed by atoms with Crippen molar-refractivity contribution in [3.8, 4) is 0 Å². The molecule has 3 aromatic rings. The Morgan fingerprint density at radius 3 is 1.29 bits per heavy atom. The third-order valence-electron chi connectivity index (χ3n) is 4.72. The Balaban J connectivity index is 0.000000267. The van der Waals surface area contributed by atoms with E-state index in [9.17, 15) is 35.2 Å². The summed E-state index contributed by atoms with van der Waals surface area (Å²) in [6, 6.07) is 32.2. The third-order valence-corrected chi connectivity index (χ3v) is 7.85. The van der Waals surface area contributed by atoms with Crippen LogP contribution in [0.1, 0.15) is 20.8 Å². The molecule has 206 valence electrons. The normalized spacial score (nSPS) is 13.3. The van der Waals surface area contributed by atoms with Crippen molar-refractivity contribution >= 4 is 27.0 Å². The molecule has 0 heterocycles. The van der Waals surface area contributed by atoms with Gasteiger partial charge in [-0.3, -0.25) is 9.35 Å². The van der Waals surface area contributed by atoms with Gasteiger partial charge in [0.05, 0.1) is 16.3 Å². The molecule has 3 aromatic carbocycles. The standard InChI is InChI=1S/C18H15S.C8H11F5O5S/c1-4-10-16(11-5-1)19(17-12-6-2-7-13-17)18-14-8-3-9-15-18;1-6(2,3)5(14)18-4(7(9,10)11)8(12,13)19(15,16)17/h1-15H;4H,1-3H3,(H,15,16,17)/q+1;. The highest BCUT2D eigenvalue weighted by Crippen LogP contribution is 2.39. The number of hydrogen-bond acceptors (Lipinski definition) is 4. The Labute approximate surface area is 220 Å². The first-order valence-corrected chi connectivity index (χ1v) is 13.6. The van der Waals surface area contributed by atoms with Crippen LogP contribution in [-0.2, 0) is 30.5 Å². The van der Waals surface area contributed by atoms with Crippen LogP contribution in [-0.4, -0.2) is 36.5 Å². The summed E-state index contributed by atoms with van der Waals surface area (Å²) in [6.45, 7) is 3.23. The summed E-state index contributed by atoms with van der Waals surface area (Å²) in [4.78, 5) is 15.2. The Kier molecular flexibility index (Phi) is 10.1. The summed E-state index contributed by atoms with van der Waals surface area (Å²) in [5, 5.41) is -5.70. The molecule has 0 aliphatic heterocycles. The van der Waals surface area contributed by atoms with Crippen LogP contribution >= 0.6 is 0 Å². The van der Waals surface area contributed by atoms with Crippen molar-refractivity contribution < 1.29 is 44.5 Å². The number of ether oxygens (including phenoxy) is 1. The van der Waals surface area contributed by atoms with Crippen LogP contribution in [0.2, 0.25) is 0 Å². The van der Waals surface area contributed by atoms with Crippen LogP contribution in [0.5, 0.6) is 0 Å². The number of rotatable bonds is 6. The van der Waals surface area contributed by atoms with Crippen molar-refractivity contribution in [1.29, 1.82) is 0 Å². The van der Waals surface area contributed by atoms with Crippen molar-refractivity contribution in [3.63, 3.8) is 0 Å². The number of alkyl halides is 5. The van der Waals surface area contributed by atoms with Gasteiger partial charge in [0.25, 0.3) is 6.10 Å². The molecule has 0 fully saturated rings. The summed E-state index contributed by atoms with van der Waals surface area (Å²) >= 11 is 0. The SMILES string of the molecule is CC(C)(C)C(=O)OC(C(F)(F)F)C(F)(F)S(=O)(=O)O.c1ccc([S+](c2ccccc2)c2ccccc2)cc1. The van der Waals surface area contributed by atoms with Crippen LogP contribution in [0.3, 0.4) is 0 Å². The number of carbonyl (C=O) groups is 1. The van der Waals surface area contributed by atoms with Crippen molar-refractivity contribution in [2.45, 2.75) is 53.0 Å². The highest BCUT2D eigenvalue weighted by molar-refractivity contribution is 7.97. The van der Waals surface area contributed by atoms with Gasteiger partial charge in [0.15, 0.2) is 14.7 Å². The second-order valence-electron chi connectivity index (χ2n) is 8.86. The highest BCUT2D eigenvalue weighted by atomic mass is 32.2. The van der Waals surface area contributed by atoms with Gasteiger partial charge < -0.3 is 4.74 Å². The Hall–Kier alpha value is -2.96. The van der Waals surface area contributed by atoms with E-state index in [4.69, 9.17) is 4.55 Å². The van der Waals surface area contributed by atoms with Gasteiger partial charge in [-0.1, -0.05) is 54.6 Å². The van der Waals surface area contributed by atoms with Gasteiger partial charge >= 0.3 is 27.5 Å². The first-order valence-electron chi connectivity index (χ1n) is 11.0. The summed E-state index contributed by atoms with van der Waals surface area (Å²) in [6.07, 6.45) is -10.2. The van der Waals surface area contributed by atoms with Crippen LogP contribution < -0.4 is 0 Å². The predicted octanol–water partition coefficient (Wildman–Crippen LogP) is 6.77. The van der Waals surface area contributed by atoms with Gasteiger partial charge in [-0.15, -0.1) is 0 Å². The van der Waals surface area contributed by atoms with Crippen molar-refractivity contribution in [1.82, 2.24) is 0 Å². The van der Waals surface area contributed by atoms with Crippen LogP contribution in [0.15, 0.2) is 106 Å². The van der Waals surface area contributed by atoms with Crippen molar-refractivity contribution in [3.05, 3.63) is 91.0 Å². The molecule has 0 aliphatic carbocycles. The van der Waals surface area contributed by atoms with E-state index < -0.39 is 39.0 Å². The second-order valence-corrected chi connectivity index (χ2v) is 12.4. The Morgan fingerprint density at radius 1 is 0.737 bits per heavy atom. The topological polar surface area (TPSA) is 80.7 Å². The first-order chi connectivity index (χ1) is 17.5. The molecule has 0 aliphatic rings. The molecule has 0 radical (unpaired) electrons. The maximum Gasteiger partial charge on any atom is 0.432 e. The van der Waals surface area contributed by atoms with E-state index in [0.29, 0.717) is 0 Å². The molecule has 0 spiro atoms. The van der Waals surface area contributed by atoms with Crippen LogP contribution in [0, 0.1) is 5.41 Å². The van der Waals surface area contributed by atoms with Gasteiger partial charge in [0.1, 0.15) is 0 Å². The van der Waals surface area contributed by atoms with E-state index in [0.717, 1.165) is 20.8 Å². The molecule has 1 atom stereocenters. The Bertz CT molecular complexity index is 1180. The zero-order valence-corrected chi connectivity index (χ0v) is 22.2. The molecule has 38 heavy (non-hydrogen) atoms. The molecule has 0 bridgehead atoms. The van der Waals surface area contributed by atoms with Crippen molar-refractivity contribution in [2.24, 2.45) is 5.41 Å².